The molecule has 1 aromatic carbocycles. The molecule has 0 saturated heterocycles. The molecule has 0 aliphatic heterocycles. The highest BCUT2D eigenvalue weighted by atomic mass is 32.2. The van der Waals surface area contributed by atoms with Crippen molar-refractivity contribution in [2.45, 2.75) is 56.1 Å². The summed E-state index contributed by atoms with van der Waals surface area (Å²) < 4.78 is 71.9. The van der Waals surface area contributed by atoms with Crippen molar-refractivity contribution in [3.8, 4) is 0 Å². The van der Waals surface area contributed by atoms with Crippen molar-refractivity contribution in [3.05, 3.63) is 35.4 Å². The van der Waals surface area contributed by atoms with Crippen molar-refractivity contribution in [2.24, 2.45) is 0 Å². The Morgan fingerprint density at radius 1 is 1.26 bits per heavy atom. The van der Waals surface area contributed by atoms with Gasteiger partial charge >= 0.3 is 12.1 Å². The Balaban J connectivity index is 2.40. The number of alkyl halides is 3. The number of ether oxygens (including phenoxy) is 1. The molecule has 27 heavy (non-hydrogen) atoms. The van der Waals surface area contributed by atoms with Crippen molar-refractivity contribution in [3.63, 3.8) is 0 Å². The van der Waals surface area contributed by atoms with Crippen molar-refractivity contribution in [1.29, 1.82) is 0 Å². The number of benzene rings is 1. The van der Waals surface area contributed by atoms with Crippen LogP contribution < -0.4 is 4.72 Å². The van der Waals surface area contributed by atoms with Crippen LogP contribution in [0.15, 0.2) is 29.2 Å². The predicted molar refractivity (Wildman–Crippen MR) is 94.3 cm³/mol. The topological polar surface area (TPSA) is 72.5 Å². The van der Waals surface area contributed by atoms with E-state index in [2.05, 4.69) is 4.72 Å². The number of sulfonamides is 1. The van der Waals surface area contributed by atoms with E-state index in [1.807, 2.05) is 0 Å². The normalized spacial score (nSPS) is 16.6. The van der Waals surface area contributed by atoms with Gasteiger partial charge in [0, 0.05) is 12.1 Å². The Labute approximate surface area is 156 Å². The van der Waals surface area contributed by atoms with Gasteiger partial charge in [0.05, 0.1) is 17.1 Å². The molecule has 9 heteroatoms. The van der Waals surface area contributed by atoms with E-state index in [4.69, 9.17) is 4.74 Å². The SMILES string of the molecule is CCOC(=O)/C=C/c1ccc(C(F)(F)F)cc1S(=O)(=O)NC1CCCCC1. The fraction of sp³-hybridized carbons (Fsp3) is 0.500. The van der Waals surface area contributed by atoms with E-state index in [9.17, 15) is 26.4 Å². The zero-order valence-corrected chi connectivity index (χ0v) is 15.7. The minimum Gasteiger partial charge on any atom is -0.463 e. The zero-order chi connectivity index (χ0) is 20.1. The standard InChI is InChI=1S/C18H22F3NO4S/c1-2-26-17(23)11-9-13-8-10-14(18(19,20)21)12-16(13)27(24,25)22-15-6-4-3-5-7-15/h8-12,15,22H,2-7H2,1H3/b11-9+. The molecule has 0 aromatic heterocycles. The van der Waals surface area contributed by atoms with E-state index in [0.29, 0.717) is 18.9 Å². The van der Waals surface area contributed by atoms with Gasteiger partial charge in [-0.1, -0.05) is 25.3 Å². The molecule has 1 saturated carbocycles. The van der Waals surface area contributed by atoms with Gasteiger partial charge in [-0.3, -0.25) is 0 Å². The van der Waals surface area contributed by atoms with E-state index in [0.717, 1.165) is 43.5 Å². The molecule has 0 bridgehead atoms. The van der Waals surface area contributed by atoms with Crippen molar-refractivity contribution in [2.75, 3.05) is 6.61 Å². The second kappa shape index (κ2) is 8.88. The molecule has 1 aliphatic rings. The van der Waals surface area contributed by atoms with E-state index < -0.39 is 32.6 Å². The molecule has 0 unspecified atom stereocenters. The maximum absolute atomic E-state index is 13.1. The van der Waals surface area contributed by atoms with Gasteiger partial charge in [0.25, 0.3) is 0 Å². The molecule has 0 spiro atoms. The number of nitrogens with one attached hydrogen (secondary N) is 1. The summed E-state index contributed by atoms with van der Waals surface area (Å²) >= 11 is 0. The maximum atomic E-state index is 13.1. The summed E-state index contributed by atoms with van der Waals surface area (Å²) in [4.78, 5) is 11.0. The lowest BCUT2D eigenvalue weighted by molar-refractivity contribution is -0.138. The highest BCUT2D eigenvalue weighted by Gasteiger charge is 2.33. The second-order valence-electron chi connectivity index (χ2n) is 6.29. The average Bonchev–Trinajstić information content (AvgIpc) is 2.59. The number of carbonyl (C=O) groups excluding carboxylic acids is 1. The summed E-state index contributed by atoms with van der Waals surface area (Å²) in [5, 5.41) is 0. The van der Waals surface area contributed by atoms with Crippen LogP contribution in [-0.2, 0) is 25.7 Å². The van der Waals surface area contributed by atoms with Gasteiger partial charge in [0.2, 0.25) is 10.0 Å². The molecule has 1 aliphatic carbocycles. The molecule has 0 radical (unpaired) electrons. The number of hydrogen-bond donors (Lipinski definition) is 1. The number of hydrogen-bond acceptors (Lipinski definition) is 4. The molecule has 0 atom stereocenters. The molecule has 2 rings (SSSR count). The summed E-state index contributed by atoms with van der Waals surface area (Å²) in [5.41, 5.74) is -1.08. The van der Waals surface area contributed by atoms with Crippen molar-refractivity contribution in [1.82, 2.24) is 4.72 Å². The van der Waals surface area contributed by atoms with Crippen LogP contribution in [0.3, 0.4) is 0 Å². The molecular weight excluding hydrogens is 383 g/mol. The minimum atomic E-state index is -4.68. The third kappa shape index (κ3) is 6.07. The lowest BCUT2D eigenvalue weighted by atomic mass is 9.96. The molecule has 1 fully saturated rings. The van der Waals surface area contributed by atoms with E-state index >= 15 is 0 Å². The molecular formula is C18H22F3NO4S. The summed E-state index contributed by atoms with van der Waals surface area (Å²) in [6, 6.07) is 2.11. The number of carbonyl (C=O) groups is 1. The van der Waals surface area contributed by atoms with Crippen molar-refractivity contribution >= 4 is 22.1 Å². The Bertz CT molecular complexity index is 797. The van der Waals surface area contributed by atoms with Gasteiger partial charge in [0.15, 0.2) is 0 Å². The summed E-state index contributed by atoms with van der Waals surface area (Å²) in [6.45, 7) is 1.73. The largest absolute Gasteiger partial charge is 0.463 e. The average molecular weight is 405 g/mol. The highest BCUT2D eigenvalue weighted by molar-refractivity contribution is 7.89. The second-order valence-corrected chi connectivity index (χ2v) is 7.97. The van der Waals surface area contributed by atoms with E-state index in [1.165, 1.54) is 0 Å². The number of rotatable bonds is 6. The van der Waals surface area contributed by atoms with Crippen LogP contribution in [-0.4, -0.2) is 27.0 Å². The summed E-state index contributed by atoms with van der Waals surface area (Å²) in [7, 11) is -4.19. The summed E-state index contributed by atoms with van der Waals surface area (Å²) in [5.74, 6) is -0.707. The van der Waals surface area contributed by atoms with Crippen LogP contribution in [0.25, 0.3) is 6.08 Å². The molecule has 1 N–H and O–H groups in total. The van der Waals surface area contributed by atoms with Crippen molar-refractivity contribution < 1.29 is 31.1 Å². The number of esters is 1. The fourth-order valence-electron chi connectivity index (χ4n) is 2.93. The van der Waals surface area contributed by atoms with Gasteiger partial charge in [-0.05, 0) is 43.5 Å². The molecule has 0 amide bonds. The lowest BCUT2D eigenvalue weighted by Gasteiger charge is -2.23. The Hall–Kier alpha value is -1.87. The van der Waals surface area contributed by atoms with E-state index in [1.54, 1.807) is 6.92 Å². The number of halogens is 3. The molecule has 150 valence electrons. The van der Waals surface area contributed by atoms with Crippen LogP contribution in [0, 0.1) is 0 Å². The Kier molecular flexibility index (Phi) is 7.05. The third-order valence-corrected chi connectivity index (χ3v) is 5.82. The van der Waals surface area contributed by atoms with E-state index in [-0.39, 0.29) is 18.2 Å². The fourth-order valence-corrected chi connectivity index (χ4v) is 4.46. The predicted octanol–water partition coefficient (Wildman–Crippen LogP) is 3.89. The maximum Gasteiger partial charge on any atom is 0.416 e. The first-order valence-electron chi connectivity index (χ1n) is 8.72. The van der Waals surface area contributed by atoms with Crippen LogP contribution >= 0.6 is 0 Å². The zero-order valence-electron chi connectivity index (χ0n) is 14.9. The minimum absolute atomic E-state index is 0.0145. The first kappa shape index (κ1) is 21.4. The van der Waals surface area contributed by atoms with Gasteiger partial charge in [-0.2, -0.15) is 13.2 Å². The third-order valence-electron chi connectivity index (χ3n) is 4.24. The van der Waals surface area contributed by atoms with Crippen LogP contribution in [0.4, 0.5) is 13.2 Å². The smallest absolute Gasteiger partial charge is 0.416 e. The van der Waals surface area contributed by atoms with Crippen LogP contribution in [0.5, 0.6) is 0 Å². The van der Waals surface area contributed by atoms with Gasteiger partial charge < -0.3 is 4.74 Å². The lowest BCUT2D eigenvalue weighted by Crippen LogP contribution is -2.36. The summed E-state index contributed by atoms with van der Waals surface area (Å²) in [6.07, 6.45) is 1.49. The molecule has 1 aromatic rings. The Morgan fingerprint density at radius 3 is 2.52 bits per heavy atom. The Morgan fingerprint density at radius 2 is 1.93 bits per heavy atom. The quantitative estimate of drug-likeness (QED) is 0.576. The van der Waals surface area contributed by atoms with Crippen LogP contribution in [0.2, 0.25) is 0 Å². The van der Waals surface area contributed by atoms with Gasteiger partial charge in [0.1, 0.15) is 0 Å². The van der Waals surface area contributed by atoms with Crippen LogP contribution in [0.1, 0.15) is 50.2 Å². The monoisotopic (exact) mass is 405 g/mol. The van der Waals surface area contributed by atoms with Gasteiger partial charge in [-0.15, -0.1) is 0 Å². The molecule has 5 nitrogen and oxygen atoms in total. The highest BCUT2D eigenvalue weighted by Crippen LogP contribution is 2.32. The first-order chi connectivity index (χ1) is 12.6. The first-order valence-corrected chi connectivity index (χ1v) is 10.2. The molecule has 0 heterocycles. The van der Waals surface area contributed by atoms with Gasteiger partial charge in [-0.25, -0.2) is 17.9 Å².